The van der Waals surface area contributed by atoms with Gasteiger partial charge in [0.25, 0.3) is 0 Å². The number of hydrogen-bond donors (Lipinski definition) is 1. The van der Waals surface area contributed by atoms with Gasteiger partial charge in [0.05, 0.1) is 12.7 Å². The van der Waals surface area contributed by atoms with Crippen LogP contribution in [-0.4, -0.2) is 23.9 Å². The Kier molecular flexibility index (Phi) is 2.37. The van der Waals surface area contributed by atoms with E-state index >= 15 is 0 Å². The molecule has 0 radical (unpaired) electrons. The SMILES string of the molecule is CCCC1CC1C[C@@H](O)[C@H]1CO1. The summed E-state index contributed by atoms with van der Waals surface area (Å²) >= 11 is 0. The Bertz CT molecular complexity index is 154. The third-order valence-electron chi connectivity index (χ3n) is 3.06. The van der Waals surface area contributed by atoms with E-state index in [2.05, 4.69) is 6.92 Å². The van der Waals surface area contributed by atoms with Crippen molar-refractivity contribution in [1.29, 1.82) is 0 Å². The molecule has 1 saturated heterocycles. The predicted octanol–water partition coefficient (Wildman–Crippen LogP) is 1.57. The zero-order chi connectivity index (χ0) is 8.55. The zero-order valence-electron chi connectivity index (χ0n) is 7.70. The van der Waals surface area contributed by atoms with E-state index in [4.69, 9.17) is 4.74 Å². The topological polar surface area (TPSA) is 32.8 Å². The van der Waals surface area contributed by atoms with Crippen LogP contribution in [0.5, 0.6) is 0 Å². The van der Waals surface area contributed by atoms with Gasteiger partial charge in [-0.1, -0.05) is 19.8 Å². The lowest BCUT2D eigenvalue weighted by Gasteiger charge is -2.05. The van der Waals surface area contributed by atoms with Gasteiger partial charge in [-0.15, -0.1) is 0 Å². The summed E-state index contributed by atoms with van der Waals surface area (Å²) in [4.78, 5) is 0. The Morgan fingerprint density at radius 1 is 1.50 bits per heavy atom. The molecule has 2 heteroatoms. The van der Waals surface area contributed by atoms with E-state index in [-0.39, 0.29) is 12.2 Å². The molecule has 0 aromatic heterocycles. The summed E-state index contributed by atoms with van der Waals surface area (Å²) < 4.78 is 5.04. The minimum Gasteiger partial charge on any atom is -0.390 e. The largest absolute Gasteiger partial charge is 0.390 e. The van der Waals surface area contributed by atoms with Crippen LogP contribution in [0, 0.1) is 11.8 Å². The Balaban J connectivity index is 1.62. The lowest BCUT2D eigenvalue weighted by atomic mass is 10.1. The standard InChI is InChI=1S/C10H18O2/c1-2-3-7-4-8(7)5-9(11)10-6-12-10/h7-11H,2-6H2,1H3/t7?,8?,9-,10-/m1/s1. The van der Waals surface area contributed by atoms with Gasteiger partial charge in [-0.05, 0) is 24.7 Å². The average Bonchev–Trinajstić information content (AvgIpc) is 2.81. The van der Waals surface area contributed by atoms with E-state index in [1.807, 2.05) is 0 Å². The highest BCUT2D eigenvalue weighted by Gasteiger charge is 2.41. The first-order valence-corrected chi connectivity index (χ1v) is 5.11. The first kappa shape index (κ1) is 8.52. The normalized spacial score (nSPS) is 41.0. The van der Waals surface area contributed by atoms with Crippen LogP contribution in [0.1, 0.15) is 32.6 Å². The smallest absolute Gasteiger partial charge is 0.107 e. The molecule has 1 aliphatic heterocycles. The Labute approximate surface area is 73.9 Å². The fourth-order valence-electron chi connectivity index (χ4n) is 2.06. The maximum absolute atomic E-state index is 9.56. The van der Waals surface area contributed by atoms with Gasteiger partial charge < -0.3 is 9.84 Å². The second-order valence-corrected chi connectivity index (χ2v) is 4.22. The number of aliphatic hydroxyl groups excluding tert-OH is 1. The molecule has 1 aliphatic carbocycles. The maximum atomic E-state index is 9.56. The molecule has 2 fully saturated rings. The lowest BCUT2D eigenvalue weighted by molar-refractivity contribution is 0.119. The van der Waals surface area contributed by atoms with E-state index in [0.29, 0.717) is 0 Å². The number of epoxide rings is 1. The van der Waals surface area contributed by atoms with Crippen LogP contribution in [0.2, 0.25) is 0 Å². The van der Waals surface area contributed by atoms with Crippen molar-refractivity contribution in [2.45, 2.75) is 44.8 Å². The van der Waals surface area contributed by atoms with Crippen molar-refractivity contribution in [3.05, 3.63) is 0 Å². The van der Waals surface area contributed by atoms with Gasteiger partial charge >= 0.3 is 0 Å². The first-order valence-electron chi connectivity index (χ1n) is 5.11. The third-order valence-corrected chi connectivity index (χ3v) is 3.06. The van der Waals surface area contributed by atoms with E-state index in [9.17, 15) is 5.11 Å². The quantitative estimate of drug-likeness (QED) is 0.635. The van der Waals surface area contributed by atoms with Gasteiger partial charge in [0.15, 0.2) is 0 Å². The molecule has 1 heterocycles. The minimum atomic E-state index is -0.170. The summed E-state index contributed by atoms with van der Waals surface area (Å²) in [5.74, 6) is 1.73. The van der Waals surface area contributed by atoms with Crippen LogP contribution >= 0.6 is 0 Å². The maximum Gasteiger partial charge on any atom is 0.107 e. The minimum absolute atomic E-state index is 0.170. The summed E-state index contributed by atoms with van der Waals surface area (Å²) in [5.41, 5.74) is 0. The molecule has 0 aromatic rings. The third kappa shape index (κ3) is 1.99. The van der Waals surface area contributed by atoms with Crippen molar-refractivity contribution in [3.63, 3.8) is 0 Å². The molecule has 0 amide bonds. The molecule has 1 N–H and O–H groups in total. The highest BCUT2D eigenvalue weighted by Crippen LogP contribution is 2.45. The second kappa shape index (κ2) is 3.35. The zero-order valence-corrected chi connectivity index (χ0v) is 7.70. The van der Waals surface area contributed by atoms with Crippen LogP contribution in [0.4, 0.5) is 0 Å². The van der Waals surface area contributed by atoms with Crippen LogP contribution in [-0.2, 0) is 4.74 Å². The van der Waals surface area contributed by atoms with Crippen molar-refractivity contribution >= 4 is 0 Å². The molecule has 0 bridgehead atoms. The van der Waals surface area contributed by atoms with E-state index in [1.165, 1.54) is 19.3 Å². The fraction of sp³-hybridized carbons (Fsp3) is 1.00. The Hall–Kier alpha value is -0.0800. The first-order chi connectivity index (χ1) is 5.81. The van der Waals surface area contributed by atoms with Gasteiger partial charge in [-0.25, -0.2) is 0 Å². The molecule has 2 aliphatic rings. The highest BCUT2D eigenvalue weighted by atomic mass is 16.6. The molecule has 0 aromatic carbocycles. The predicted molar refractivity (Wildman–Crippen MR) is 46.9 cm³/mol. The molecule has 1 saturated carbocycles. The van der Waals surface area contributed by atoms with Crippen LogP contribution in [0.15, 0.2) is 0 Å². The highest BCUT2D eigenvalue weighted by molar-refractivity contribution is 4.91. The van der Waals surface area contributed by atoms with Gasteiger partial charge in [-0.3, -0.25) is 0 Å². The van der Waals surface area contributed by atoms with E-state index in [0.717, 1.165) is 24.9 Å². The number of aliphatic hydroxyl groups is 1. The average molecular weight is 170 g/mol. The van der Waals surface area contributed by atoms with Gasteiger partial charge in [0.1, 0.15) is 6.10 Å². The number of rotatable bonds is 5. The molecule has 2 rings (SSSR count). The second-order valence-electron chi connectivity index (χ2n) is 4.22. The molecule has 70 valence electrons. The van der Waals surface area contributed by atoms with Gasteiger partial charge in [0.2, 0.25) is 0 Å². The Morgan fingerprint density at radius 2 is 2.25 bits per heavy atom. The van der Waals surface area contributed by atoms with E-state index in [1.54, 1.807) is 0 Å². The monoisotopic (exact) mass is 170 g/mol. The van der Waals surface area contributed by atoms with Crippen molar-refractivity contribution in [2.75, 3.05) is 6.61 Å². The van der Waals surface area contributed by atoms with Crippen LogP contribution in [0.25, 0.3) is 0 Å². The summed E-state index contributed by atoms with van der Waals surface area (Å²) in [5, 5.41) is 9.56. The van der Waals surface area contributed by atoms with Crippen LogP contribution < -0.4 is 0 Å². The fourth-order valence-corrected chi connectivity index (χ4v) is 2.06. The van der Waals surface area contributed by atoms with Crippen molar-refractivity contribution in [3.8, 4) is 0 Å². The van der Waals surface area contributed by atoms with Crippen molar-refractivity contribution < 1.29 is 9.84 Å². The number of hydrogen-bond acceptors (Lipinski definition) is 2. The Morgan fingerprint density at radius 3 is 2.83 bits per heavy atom. The van der Waals surface area contributed by atoms with Crippen molar-refractivity contribution in [1.82, 2.24) is 0 Å². The summed E-state index contributed by atoms with van der Waals surface area (Å²) in [6.45, 7) is 3.02. The molecule has 4 atom stereocenters. The van der Waals surface area contributed by atoms with Gasteiger partial charge in [0, 0.05) is 0 Å². The molecule has 0 spiro atoms. The molecule has 2 nitrogen and oxygen atoms in total. The van der Waals surface area contributed by atoms with Crippen molar-refractivity contribution in [2.24, 2.45) is 11.8 Å². The number of ether oxygens (including phenoxy) is 1. The molecule has 12 heavy (non-hydrogen) atoms. The summed E-state index contributed by atoms with van der Waals surface area (Å²) in [6, 6.07) is 0. The molecular formula is C10H18O2. The molecular weight excluding hydrogens is 152 g/mol. The lowest BCUT2D eigenvalue weighted by Crippen LogP contribution is -2.15. The van der Waals surface area contributed by atoms with Crippen LogP contribution in [0.3, 0.4) is 0 Å². The summed E-state index contributed by atoms with van der Waals surface area (Å²) in [7, 11) is 0. The molecule has 2 unspecified atom stereocenters. The van der Waals surface area contributed by atoms with Gasteiger partial charge in [-0.2, -0.15) is 0 Å². The van der Waals surface area contributed by atoms with E-state index < -0.39 is 0 Å². The summed E-state index contributed by atoms with van der Waals surface area (Å²) in [6.07, 6.45) is 4.98.